The first kappa shape index (κ1) is 26.4. The second-order valence-corrected chi connectivity index (χ2v) is 11.9. The molecule has 0 radical (unpaired) electrons. The molecule has 2 aromatic heterocycles. The maximum atomic E-state index is 13.9. The van der Waals surface area contributed by atoms with E-state index in [2.05, 4.69) is 5.32 Å². The number of furan rings is 1. The highest BCUT2D eigenvalue weighted by molar-refractivity contribution is 5.96. The number of aromatic nitrogens is 1. The molecule has 3 aliphatic rings. The third-order valence-electron chi connectivity index (χ3n) is 8.70. The van der Waals surface area contributed by atoms with Crippen molar-refractivity contribution in [1.82, 2.24) is 14.8 Å². The highest BCUT2D eigenvalue weighted by Crippen LogP contribution is 2.42. The Bertz CT molecular complexity index is 1740. The highest BCUT2D eigenvalue weighted by Gasteiger charge is 2.39. The number of amides is 2. The zero-order valence-corrected chi connectivity index (χ0v) is 23.7. The molecule has 0 saturated carbocycles. The summed E-state index contributed by atoms with van der Waals surface area (Å²) in [6, 6.07) is 18.0. The lowest BCUT2D eigenvalue weighted by atomic mass is 9.82. The lowest BCUT2D eigenvalue weighted by Crippen LogP contribution is -2.56. The fourth-order valence-electron chi connectivity index (χ4n) is 6.71. The first-order chi connectivity index (χ1) is 20.4. The molecule has 9 nitrogen and oxygen atoms in total. The summed E-state index contributed by atoms with van der Waals surface area (Å²) in [6.07, 6.45) is 0.995. The van der Waals surface area contributed by atoms with Crippen molar-refractivity contribution < 1.29 is 23.5 Å². The summed E-state index contributed by atoms with van der Waals surface area (Å²) in [5.74, 6) is 1.70. The first-order valence-electron chi connectivity index (χ1n) is 14.5. The Kier molecular flexibility index (Phi) is 6.52. The Morgan fingerprint density at radius 3 is 2.55 bits per heavy atom. The molecule has 9 heteroatoms. The molecular weight excluding hydrogens is 534 g/mol. The quantitative estimate of drug-likeness (QED) is 0.372. The van der Waals surface area contributed by atoms with Crippen LogP contribution in [0.2, 0.25) is 0 Å². The van der Waals surface area contributed by atoms with E-state index >= 15 is 0 Å². The van der Waals surface area contributed by atoms with Gasteiger partial charge in [-0.2, -0.15) is 0 Å². The molecule has 42 heavy (non-hydrogen) atoms. The van der Waals surface area contributed by atoms with Gasteiger partial charge in [-0.1, -0.05) is 50.2 Å². The van der Waals surface area contributed by atoms with E-state index in [9.17, 15) is 14.4 Å². The average molecular weight is 568 g/mol. The monoisotopic (exact) mass is 567 g/mol. The molecule has 0 aliphatic carbocycles. The van der Waals surface area contributed by atoms with E-state index in [0.29, 0.717) is 42.5 Å². The van der Waals surface area contributed by atoms with E-state index in [4.69, 9.17) is 13.9 Å². The van der Waals surface area contributed by atoms with Gasteiger partial charge in [0.2, 0.25) is 18.6 Å². The van der Waals surface area contributed by atoms with Crippen LogP contribution in [0.25, 0.3) is 22.3 Å². The van der Waals surface area contributed by atoms with Crippen molar-refractivity contribution in [3.05, 3.63) is 82.3 Å². The van der Waals surface area contributed by atoms with Crippen LogP contribution in [0.3, 0.4) is 0 Å². The Morgan fingerprint density at radius 1 is 0.976 bits per heavy atom. The van der Waals surface area contributed by atoms with Gasteiger partial charge in [-0.25, -0.2) is 0 Å². The van der Waals surface area contributed by atoms with Crippen LogP contribution in [-0.4, -0.2) is 47.2 Å². The molecule has 7 rings (SSSR count). The van der Waals surface area contributed by atoms with Crippen LogP contribution >= 0.6 is 0 Å². The fraction of sp³-hybridized carbons (Fsp3) is 0.364. The second-order valence-electron chi connectivity index (χ2n) is 11.9. The molecule has 5 heterocycles. The largest absolute Gasteiger partial charge is 0.456 e. The number of pyridine rings is 1. The molecule has 2 amide bonds. The van der Waals surface area contributed by atoms with E-state index in [-0.39, 0.29) is 48.3 Å². The molecule has 2 bridgehead atoms. The standard InChI is InChI=1S/C33H33N3O6/c1-19(2)31(33(39)35-15-20-11-22(17-35)25-9-6-10-30(38)36(25)16-20)34-29(37)13-24-23-12-27-28(41-18-40-27)14-26(23)42-32(24)21-7-4-3-5-8-21/h3-10,12,14,19-20,22,31H,11,13,15-18H2,1-2H3,(H,34,37)/t20-,22+,31+/m1/s1. The lowest BCUT2D eigenvalue weighted by Gasteiger charge is -2.44. The van der Waals surface area contributed by atoms with Crippen molar-refractivity contribution in [2.75, 3.05) is 19.9 Å². The number of hydrogen-bond acceptors (Lipinski definition) is 6. The van der Waals surface area contributed by atoms with Gasteiger partial charge in [-0.3, -0.25) is 14.4 Å². The number of rotatable bonds is 6. The number of ether oxygens (including phenoxy) is 2. The van der Waals surface area contributed by atoms with E-state index in [1.807, 2.05) is 65.8 Å². The van der Waals surface area contributed by atoms with Gasteiger partial charge in [0.15, 0.2) is 11.5 Å². The van der Waals surface area contributed by atoms with Crippen molar-refractivity contribution in [3.8, 4) is 22.8 Å². The Morgan fingerprint density at radius 2 is 1.76 bits per heavy atom. The second kappa shape index (κ2) is 10.4. The third kappa shape index (κ3) is 4.62. The summed E-state index contributed by atoms with van der Waals surface area (Å²) in [7, 11) is 0. The van der Waals surface area contributed by atoms with Crippen LogP contribution in [-0.2, 0) is 22.6 Å². The third-order valence-corrected chi connectivity index (χ3v) is 8.70. The van der Waals surface area contributed by atoms with Crippen molar-refractivity contribution in [1.29, 1.82) is 0 Å². The Labute approximate surface area is 243 Å². The SMILES string of the molecule is CC(C)[C@H](NC(=O)Cc1c(-c2ccccc2)oc2cc3c(cc12)OCO3)C(=O)N1C[C@H]2C[C@@H](C1)c1cccc(=O)n1C2. The Balaban J connectivity index is 1.14. The molecule has 2 aromatic carbocycles. The van der Waals surface area contributed by atoms with Gasteiger partial charge < -0.3 is 28.7 Å². The smallest absolute Gasteiger partial charge is 0.250 e. The van der Waals surface area contributed by atoms with Crippen molar-refractivity contribution in [2.24, 2.45) is 11.8 Å². The van der Waals surface area contributed by atoms with Crippen LogP contribution < -0.4 is 20.3 Å². The molecule has 4 aromatic rings. The van der Waals surface area contributed by atoms with Gasteiger partial charge in [-0.05, 0) is 30.4 Å². The number of fused-ring (bicyclic) bond motifs is 6. The summed E-state index contributed by atoms with van der Waals surface area (Å²) >= 11 is 0. The van der Waals surface area contributed by atoms with Crippen LogP contribution in [0, 0.1) is 11.8 Å². The summed E-state index contributed by atoms with van der Waals surface area (Å²) in [5, 5.41) is 3.83. The number of piperidine rings is 1. The Hall–Kier alpha value is -4.53. The fourth-order valence-corrected chi connectivity index (χ4v) is 6.71. The van der Waals surface area contributed by atoms with Gasteiger partial charge in [0.1, 0.15) is 17.4 Å². The van der Waals surface area contributed by atoms with Gasteiger partial charge in [0.25, 0.3) is 5.56 Å². The van der Waals surface area contributed by atoms with Crippen molar-refractivity contribution >= 4 is 22.8 Å². The number of nitrogens with zero attached hydrogens (tertiary/aromatic N) is 2. The van der Waals surface area contributed by atoms with Gasteiger partial charge in [0.05, 0.1) is 6.42 Å². The predicted molar refractivity (Wildman–Crippen MR) is 156 cm³/mol. The minimum Gasteiger partial charge on any atom is -0.456 e. The maximum absolute atomic E-state index is 13.9. The highest BCUT2D eigenvalue weighted by atomic mass is 16.7. The molecule has 3 aliphatic heterocycles. The number of nitrogens with one attached hydrogen (secondary N) is 1. The van der Waals surface area contributed by atoms with E-state index in [1.165, 1.54) is 0 Å². The topological polar surface area (TPSA) is 103 Å². The summed E-state index contributed by atoms with van der Waals surface area (Å²) in [6.45, 7) is 5.77. The van der Waals surface area contributed by atoms with Gasteiger partial charge in [-0.15, -0.1) is 0 Å². The van der Waals surface area contributed by atoms with Crippen LogP contribution in [0.15, 0.2) is 69.9 Å². The van der Waals surface area contributed by atoms with Gasteiger partial charge in [0, 0.05) is 59.9 Å². The minimum absolute atomic E-state index is 0.0139. The van der Waals surface area contributed by atoms with Gasteiger partial charge >= 0.3 is 0 Å². The normalized spacial score (nSPS) is 19.5. The molecule has 3 atom stereocenters. The summed E-state index contributed by atoms with van der Waals surface area (Å²) in [5.41, 5.74) is 3.20. The number of likely N-dealkylation sites (tertiary alicyclic amines) is 1. The van der Waals surface area contributed by atoms with Crippen molar-refractivity contribution in [2.45, 2.75) is 45.2 Å². The molecule has 216 valence electrons. The van der Waals surface area contributed by atoms with Crippen LogP contribution in [0.5, 0.6) is 11.5 Å². The number of hydrogen-bond donors (Lipinski definition) is 1. The summed E-state index contributed by atoms with van der Waals surface area (Å²) < 4.78 is 19.3. The number of benzene rings is 2. The van der Waals surface area contributed by atoms with E-state index in [1.54, 1.807) is 18.2 Å². The molecule has 1 fully saturated rings. The van der Waals surface area contributed by atoms with Crippen LogP contribution in [0.4, 0.5) is 0 Å². The molecule has 1 N–H and O–H groups in total. The molecule has 1 saturated heterocycles. The van der Waals surface area contributed by atoms with Crippen molar-refractivity contribution in [3.63, 3.8) is 0 Å². The zero-order valence-electron chi connectivity index (χ0n) is 23.7. The lowest BCUT2D eigenvalue weighted by molar-refractivity contribution is -0.140. The molecule has 0 unspecified atom stereocenters. The molecular formula is C33H33N3O6. The maximum Gasteiger partial charge on any atom is 0.250 e. The predicted octanol–water partition coefficient (Wildman–Crippen LogP) is 4.32. The number of carbonyl (C=O) groups is 2. The molecule has 0 spiro atoms. The summed E-state index contributed by atoms with van der Waals surface area (Å²) in [4.78, 5) is 41.9. The van der Waals surface area contributed by atoms with Crippen LogP contribution in [0.1, 0.15) is 37.4 Å². The zero-order chi connectivity index (χ0) is 29.0. The number of carbonyl (C=O) groups excluding carboxylic acids is 2. The van der Waals surface area contributed by atoms with E-state index in [0.717, 1.165) is 28.6 Å². The van der Waals surface area contributed by atoms with E-state index < -0.39 is 6.04 Å². The minimum atomic E-state index is -0.673. The first-order valence-corrected chi connectivity index (χ1v) is 14.5. The average Bonchev–Trinajstić information content (AvgIpc) is 3.59.